The maximum Gasteiger partial charge on any atom is 0.287 e. The number of aromatic nitrogens is 2. The zero-order valence-corrected chi connectivity index (χ0v) is 28.4. The quantitative estimate of drug-likeness (QED) is 0.269. The summed E-state index contributed by atoms with van der Waals surface area (Å²) in [5.74, 6) is -3.58. The SMILES string of the molecule is NC(=O)C(=O)C1(NC(=O)[C@@H]2C[C@H](n3nc(Cl)ccc3=O)CN2C(=O)[C@@H](CC2CCCCC2)NC(=O)c2ccc3ccccc3c2)CCOCC1. The largest absolute Gasteiger partial charge is 0.381 e. The van der Waals surface area contributed by atoms with Crippen molar-refractivity contribution in [3.63, 3.8) is 0 Å². The average molecular weight is 705 g/mol. The van der Waals surface area contributed by atoms with Gasteiger partial charge in [-0.1, -0.05) is 74.0 Å². The Bertz CT molecular complexity index is 1850. The van der Waals surface area contributed by atoms with Gasteiger partial charge in [0.2, 0.25) is 17.6 Å². The molecule has 0 bridgehead atoms. The summed E-state index contributed by atoms with van der Waals surface area (Å²) in [5, 5.41) is 11.8. The lowest BCUT2D eigenvalue weighted by Gasteiger charge is -2.37. The molecule has 3 fully saturated rings. The minimum atomic E-state index is -1.61. The van der Waals surface area contributed by atoms with E-state index < -0.39 is 58.6 Å². The number of carbonyl (C=O) groups excluding carboxylic acids is 5. The van der Waals surface area contributed by atoms with Gasteiger partial charge >= 0.3 is 0 Å². The van der Waals surface area contributed by atoms with Gasteiger partial charge in [-0.3, -0.25) is 28.8 Å². The van der Waals surface area contributed by atoms with Crippen molar-refractivity contribution < 1.29 is 28.7 Å². The van der Waals surface area contributed by atoms with Crippen molar-refractivity contribution >= 4 is 51.8 Å². The highest BCUT2D eigenvalue weighted by Gasteiger charge is 2.49. The van der Waals surface area contributed by atoms with Gasteiger partial charge in [-0.25, -0.2) is 4.68 Å². The van der Waals surface area contributed by atoms with Crippen molar-refractivity contribution in [3.05, 3.63) is 75.7 Å². The topological polar surface area (TPSA) is 183 Å². The Morgan fingerprint density at radius 1 is 0.980 bits per heavy atom. The molecule has 0 spiro atoms. The molecule has 3 aliphatic rings. The van der Waals surface area contributed by atoms with Crippen LogP contribution in [-0.2, 0) is 23.9 Å². The second-order valence-corrected chi connectivity index (χ2v) is 13.9. The number of benzene rings is 2. The van der Waals surface area contributed by atoms with Crippen LogP contribution in [0.4, 0.5) is 0 Å². The van der Waals surface area contributed by atoms with Crippen LogP contribution in [0.25, 0.3) is 10.8 Å². The number of hydrogen-bond acceptors (Lipinski definition) is 8. The first kappa shape index (κ1) is 35.2. The third-order valence-corrected chi connectivity index (χ3v) is 10.5. The lowest BCUT2D eigenvalue weighted by Crippen LogP contribution is -2.64. The predicted molar refractivity (Wildman–Crippen MR) is 184 cm³/mol. The Morgan fingerprint density at radius 2 is 1.70 bits per heavy atom. The zero-order valence-electron chi connectivity index (χ0n) is 27.6. The summed E-state index contributed by atoms with van der Waals surface area (Å²) < 4.78 is 6.55. The zero-order chi connectivity index (χ0) is 35.4. The van der Waals surface area contributed by atoms with Gasteiger partial charge in [0, 0.05) is 50.7 Å². The molecule has 2 aromatic carbocycles. The second kappa shape index (κ2) is 15.1. The van der Waals surface area contributed by atoms with Crippen LogP contribution in [0.5, 0.6) is 0 Å². The molecule has 14 heteroatoms. The number of amides is 4. The molecule has 0 unspecified atom stereocenters. The van der Waals surface area contributed by atoms with E-state index in [-0.39, 0.29) is 50.1 Å². The first-order chi connectivity index (χ1) is 24.0. The van der Waals surface area contributed by atoms with Crippen LogP contribution in [0.2, 0.25) is 5.15 Å². The molecular formula is C36H41ClN6O7. The molecule has 6 rings (SSSR count). The fraction of sp³-hybridized carbons (Fsp3) is 0.472. The van der Waals surface area contributed by atoms with Crippen molar-refractivity contribution in [2.75, 3.05) is 19.8 Å². The summed E-state index contributed by atoms with van der Waals surface area (Å²) in [6, 6.07) is 12.7. The number of nitrogens with zero attached hydrogens (tertiary/aromatic N) is 3. The van der Waals surface area contributed by atoms with E-state index in [0.29, 0.717) is 12.0 Å². The van der Waals surface area contributed by atoms with E-state index in [1.54, 1.807) is 12.1 Å². The highest BCUT2D eigenvalue weighted by molar-refractivity contribution is 6.39. The number of halogens is 1. The molecule has 264 valence electrons. The van der Waals surface area contributed by atoms with E-state index in [9.17, 15) is 28.8 Å². The van der Waals surface area contributed by atoms with Crippen molar-refractivity contribution in [1.29, 1.82) is 0 Å². The number of Topliss-reactive ketones (excluding diaryl/α,β-unsaturated/α-hetero) is 1. The lowest BCUT2D eigenvalue weighted by molar-refractivity contribution is -0.147. The van der Waals surface area contributed by atoms with E-state index in [4.69, 9.17) is 22.1 Å². The number of hydrogen-bond donors (Lipinski definition) is 3. The summed E-state index contributed by atoms with van der Waals surface area (Å²) >= 11 is 6.14. The monoisotopic (exact) mass is 704 g/mol. The number of likely N-dealkylation sites (tertiary alicyclic amines) is 1. The summed E-state index contributed by atoms with van der Waals surface area (Å²) in [6.45, 7) is 0.139. The first-order valence-corrected chi connectivity index (χ1v) is 17.5. The molecular weight excluding hydrogens is 664 g/mol. The molecule has 3 heterocycles. The van der Waals surface area contributed by atoms with Crippen LogP contribution in [0, 0.1) is 5.92 Å². The number of primary amides is 1. The Kier molecular flexibility index (Phi) is 10.6. The third kappa shape index (κ3) is 7.58. The van der Waals surface area contributed by atoms with Gasteiger partial charge in [0.25, 0.3) is 17.4 Å². The Morgan fingerprint density at radius 3 is 2.42 bits per heavy atom. The van der Waals surface area contributed by atoms with Gasteiger partial charge in [0.15, 0.2) is 0 Å². The average Bonchev–Trinajstić information content (AvgIpc) is 3.58. The van der Waals surface area contributed by atoms with Crippen molar-refractivity contribution in [1.82, 2.24) is 25.3 Å². The number of ketones is 1. The number of nitrogens with one attached hydrogen (secondary N) is 2. The minimum Gasteiger partial charge on any atom is -0.381 e. The molecule has 3 aromatic rings. The molecule has 3 atom stereocenters. The van der Waals surface area contributed by atoms with Gasteiger partial charge in [0.05, 0.1) is 6.04 Å². The third-order valence-electron chi connectivity index (χ3n) is 10.3. The standard InChI is InChI=1S/C36H41ClN6O7/c37-29-12-13-30(44)43(41-29)26-20-28(34(48)40-36(31(45)32(38)46)14-16-50-17-15-36)42(21-26)35(49)27(18-22-6-2-1-3-7-22)39-33(47)25-11-10-23-8-4-5-9-24(23)19-25/h4-5,8-13,19,22,26-28H,1-3,6-7,14-18,20-21H2,(H2,38,46)(H,39,47)(H,40,48)/t26-,27+,28-/m0/s1. The molecule has 0 radical (unpaired) electrons. The molecule has 4 N–H and O–H groups in total. The Balaban J connectivity index is 1.33. The van der Waals surface area contributed by atoms with Crippen molar-refractivity contribution in [2.24, 2.45) is 11.7 Å². The maximum atomic E-state index is 14.7. The first-order valence-electron chi connectivity index (χ1n) is 17.1. The van der Waals surface area contributed by atoms with Crippen LogP contribution in [0.15, 0.2) is 59.4 Å². The molecule has 1 aromatic heterocycles. The van der Waals surface area contributed by atoms with Crippen LogP contribution in [0.3, 0.4) is 0 Å². The summed E-state index contributed by atoms with van der Waals surface area (Å²) in [7, 11) is 0. The minimum absolute atomic E-state index is 0.0199. The second-order valence-electron chi connectivity index (χ2n) is 13.5. The summed E-state index contributed by atoms with van der Waals surface area (Å²) in [5.41, 5.74) is 3.71. The van der Waals surface area contributed by atoms with Crippen LogP contribution < -0.4 is 21.9 Å². The van der Waals surface area contributed by atoms with Gasteiger partial charge in [-0.05, 0) is 41.3 Å². The van der Waals surface area contributed by atoms with Gasteiger partial charge in [-0.15, -0.1) is 0 Å². The Labute approximate surface area is 293 Å². The molecule has 4 amide bonds. The van der Waals surface area contributed by atoms with Crippen molar-refractivity contribution in [2.45, 2.75) is 81.5 Å². The number of nitrogens with two attached hydrogens (primary N) is 1. The Hall–Kier alpha value is -4.62. The van der Waals surface area contributed by atoms with Crippen LogP contribution >= 0.6 is 11.6 Å². The van der Waals surface area contributed by atoms with E-state index in [0.717, 1.165) is 47.6 Å². The molecule has 50 heavy (non-hydrogen) atoms. The summed E-state index contributed by atoms with van der Waals surface area (Å²) in [4.78, 5) is 82.1. The fourth-order valence-corrected chi connectivity index (χ4v) is 7.72. The highest BCUT2D eigenvalue weighted by atomic mass is 35.5. The van der Waals surface area contributed by atoms with Gasteiger partial charge in [-0.2, -0.15) is 5.10 Å². The van der Waals surface area contributed by atoms with E-state index in [1.807, 2.05) is 30.3 Å². The molecule has 1 aliphatic carbocycles. The number of rotatable bonds is 10. The van der Waals surface area contributed by atoms with E-state index >= 15 is 0 Å². The lowest BCUT2D eigenvalue weighted by atomic mass is 9.84. The van der Waals surface area contributed by atoms with E-state index in [1.165, 1.54) is 17.0 Å². The van der Waals surface area contributed by atoms with Gasteiger partial charge < -0.3 is 26.0 Å². The molecule has 13 nitrogen and oxygen atoms in total. The molecule has 1 saturated carbocycles. The highest BCUT2D eigenvalue weighted by Crippen LogP contribution is 2.32. The number of fused-ring (bicyclic) bond motifs is 1. The summed E-state index contributed by atoms with van der Waals surface area (Å²) in [6.07, 6.45) is 5.33. The molecule has 2 saturated heterocycles. The molecule has 2 aliphatic heterocycles. The number of carbonyl (C=O) groups is 5. The normalized spacial score (nSPS) is 21.3. The predicted octanol–water partition coefficient (Wildman–Crippen LogP) is 2.68. The fourth-order valence-electron chi connectivity index (χ4n) is 7.58. The van der Waals surface area contributed by atoms with Crippen LogP contribution in [0.1, 0.15) is 74.2 Å². The van der Waals surface area contributed by atoms with Gasteiger partial charge in [0.1, 0.15) is 22.8 Å². The van der Waals surface area contributed by atoms with Crippen molar-refractivity contribution in [3.8, 4) is 0 Å². The number of ether oxygens (including phenoxy) is 1. The van der Waals surface area contributed by atoms with E-state index in [2.05, 4.69) is 15.7 Å². The smallest absolute Gasteiger partial charge is 0.287 e. The maximum absolute atomic E-state index is 14.7. The van der Waals surface area contributed by atoms with Crippen LogP contribution in [-0.4, -0.2) is 81.5 Å².